The van der Waals surface area contributed by atoms with E-state index in [1.807, 2.05) is 67.8 Å². The van der Waals surface area contributed by atoms with Gasteiger partial charge in [-0.3, -0.25) is 4.79 Å². The SMILES string of the molecule is Cc1ccc(C(=O)O)cc1-n1c(C)cc(/C=C(/C#N)C(=O)NCc2ccccc2)c1C. The zero-order valence-electron chi connectivity index (χ0n) is 17.6. The molecular weight excluding hydrogens is 390 g/mol. The highest BCUT2D eigenvalue weighted by Gasteiger charge is 2.16. The number of carbonyl (C=O) groups excluding carboxylic acids is 1. The van der Waals surface area contributed by atoms with Crippen LogP contribution in [-0.4, -0.2) is 21.6 Å². The minimum absolute atomic E-state index is 0.00666. The fraction of sp³-hybridized carbons (Fsp3) is 0.160. The summed E-state index contributed by atoms with van der Waals surface area (Å²) in [5, 5.41) is 21.6. The summed E-state index contributed by atoms with van der Waals surface area (Å²) in [6, 6.07) is 18.3. The molecule has 3 rings (SSSR count). The zero-order valence-corrected chi connectivity index (χ0v) is 17.6. The summed E-state index contributed by atoms with van der Waals surface area (Å²) in [4.78, 5) is 23.9. The molecule has 1 amide bonds. The Balaban J connectivity index is 1.93. The second-order valence-electron chi connectivity index (χ2n) is 7.31. The van der Waals surface area contributed by atoms with Gasteiger partial charge in [0.05, 0.1) is 5.56 Å². The topological polar surface area (TPSA) is 95.1 Å². The molecule has 31 heavy (non-hydrogen) atoms. The maximum Gasteiger partial charge on any atom is 0.335 e. The van der Waals surface area contributed by atoms with Crippen LogP contribution in [0.2, 0.25) is 0 Å². The maximum atomic E-state index is 12.5. The van der Waals surface area contributed by atoms with Gasteiger partial charge in [0.15, 0.2) is 0 Å². The van der Waals surface area contributed by atoms with E-state index in [9.17, 15) is 20.0 Å². The molecule has 0 unspecified atom stereocenters. The predicted molar refractivity (Wildman–Crippen MR) is 119 cm³/mol. The molecule has 0 spiro atoms. The summed E-state index contributed by atoms with van der Waals surface area (Å²) in [5.41, 5.74) is 5.23. The molecule has 0 atom stereocenters. The molecule has 0 saturated heterocycles. The number of aromatic carboxylic acids is 1. The molecule has 0 aliphatic carbocycles. The van der Waals surface area contributed by atoms with Gasteiger partial charge in [-0.1, -0.05) is 36.4 Å². The first kappa shape index (κ1) is 21.6. The summed E-state index contributed by atoms with van der Waals surface area (Å²) in [5.74, 6) is -1.44. The first-order chi connectivity index (χ1) is 14.8. The Kier molecular flexibility index (Phi) is 6.37. The zero-order chi connectivity index (χ0) is 22.5. The fourth-order valence-electron chi connectivity index (χ4n) is 3.47. The summed E-state index contributed by atoms with van der Waals surface area (Å²) >= 11 is 0. The van der Waals surface area contributed by atoms with Gasteiger partial charge in [-0.15, -0.1) is 0 Å². The number of rotatable bonds is 6. The molecule has 1 heterocycles. The summed E-state index contributed by atoms with van der Waals surface area (Å²) < 4.78 is 1.93. The molecule has 2 N–H and O–H groups in total. The maximum absolute atomic E-state index is 12.5. The number of nitrogens with zero attached hydrogens (tertiary/aromatic N) is 2. The molecular formula is C25H23N3O3. The van der Waals surface area contributed by atoms with Crippen molar-refractivity contribution in [1.29, 1.82) is 5.26 Å². The van der Waals surface area contributed by atoms with Crippen LogP contribution in [0.3, 0.4) is 0 Å². The summed E-state index contributed by atoms with van der Waals surface area (Å²) in [7, 11) is 0. The van der Waals surface area contributed by atoms with Crippen molar-refractivity contribution >= 4 is 18.0 Å². The van der Waals surface area contributed by atoms with Gasteiger partial charge < -0.3 is 15.0 Å². The van der Waals surface area contributed by atoms with Crippen molar-refractivity contribution in [3.63, 3.8) is 0 Å². The molecule has 0 aliphatic heterocycles. The van der Waals surface area contributed by atoms with Gasteiger partial charge >= 0.3 is 5.97 Å². The van der Waals surface area contributed by atoms with E-state index in [4.69, 9.17) is 0 Å². The number of benzene rings is 2. The average molecular weight is 413 g/mol. The van der Waals surface area contributed by atoms with E-state index >= 15 is 0 Å². The largest absolute Gasteiger partial charge is 0.478 e. The molecule has 1 aromatic heterocycles. The van der Waals surface area contributed by atoms with E-state index < -0.39 is 11.9 Å². The third kappa shape index (κ3) is 4.73. The van der Waals surface area contributed by atoms with Crippen molar-refractivity contribution in [2.75, 3.05) is 0 Å². The van der Waals surface area contributed by atoms with E-state index in [-0.39, 0.29) is 11.1 Å². The molecule has 0 saturated carbocycles. The second-order valence-corrected chi connectivity index (χ2v) is 7.31. The van der Waals surface area contributed by atoms with E-state index in [1.165, 1.54) is 0 Å². The first-order valence-electron chi connectivity index (χ1n) is 9.79. The quantitative estimate of drug-likeness (QED) is 0.465. The third-order valence-corrected chi connectivity index (χ3v) is 5.13. The van der Waals surface area contributed by atoms with Crippen molar-refractivity contribution in [1.82, 2.24) is 9.88 Å². The Morgan fingerprint density at radius 3 is 2.45 bits per heavy atom. The van der Waals surface area contributed by atoms with Crippen LogP contribution in [0, 0.1) is 32.1 Å². The number of aromatic nitrogens is 1. The van der Waals surface area contributed by atoms with Crippen molar-refractivity contribution in [2.24, 2.45) is 0 Å². The third-order valence-electron chi connectivity index (χ3n) is 5.13. The van der Waals surface area contributed by atoms with Gasteiger partial charge in [0.1, 0.15) is 11.6 Å². The number of amides is 1. The lowest BCUT2D eigenvalue weighted by atomic mass is 10.1. The molecule has 3 aromatic rings. The van der Waals surface area contributed by atoms with Crippen LogP contribution in [0.15, 0.2) is 60.2 Å². The van der Waals surface area contributed by atoms with Crippen LogP contribution in [0.1, 0.15) is 38.4 Å². The molecule has 0 radical (unpaired) electrons. The normalized spacial score (nSPS) is 11.1. The molecule has 6 heteroatoms. The van der Waals surface area contributed by atoms with Gasteiger partial charge in [0.2, 0.25) is 0 Å². The Morgan fingerprint density at radius 1 is 1.10 bits per heavy atom. The number of hydrogen-bond acceptors (Lipinski definition) is 3. The van der Waals surface area contributed by atoms with Crippen molar-refractivity contribution < 1.29 is 14.7 Å². The Hall–Kier alpha value is -4.11. The standard InChI is InChI=1S/C25H23N3O3/c1-16-9-10-20(25(30)31)13-23(16)28-17(2)11-21(18(28)3)12-22(14-26)24(29)27-15-19-7-5-4-6-8-19/h4-13H,15H2,1-3H3,(H,27,29)(H,30,31)/b22-12-. The fourth-order valence-corrected chi connectivity index (χ4v) is 3.47. The van der Waals surface area contributed by atoms with E-state index in [0.29, 0.717) is 6.54 Å². The van der Waals surface area contributed by atoms with Crippen molar-refractivity contribution in [3.05, 3.63) is 93.8 Å². The lowest BCUT2D eigenvalue weighted by Crippen LogP contribution is -2.23. The van der Waals surface area contributed by atoms with Crippen LogP contribution in [0.5, 0.6) is 0 Å². The number of carboxylic acids is 1. The molecule has 0 aliphatic rings. The lowest BCUT2D eigenvalue weighted by Gasteiger charge is -2.13. The van der Waals surface area contributed by atoms with Gasteiger partial charge in [0.25, 0.3) is 5.91 Å². The number of aryl methyl sites for hydroxylation is 2. The van der Waals surface area contributed by atoms with E-state index in [0.717, 1.165) is 33.8 Å². The number of carbonyl (C=O) groups is 2. The minimum Gasteiger partial charge on any atom is -0.478 e. The molecule has 6 nitrogen and oxygen atoms in total. The monoisotopic (exact) mass is 413 g/mol. The van der Waals surface area contributed by atoms with Gasteiger partial charge in [-0.05, 0) is 61.7 Å². The van der Waals surface area contributed by atoms with Gasteiger partial charge in [-0.2, -0.15) is 5.26 Å². The van der Waals surface area contributed by atoms with E-state index in [2.05, 4.69) is 5.32 Å². The van der Waals surface area contributed by atoms with E-state index in [1.54, 1.807) is 24.3 Å². The number of nitriles is 1. The van der Waals surface area contributed by atoms with Crippen molar-refractivity contribution in [3.8, 4) is 11.8 Å². The smallest absolute Gasteiger partial charge is 0.335 e. The molecule has 156 valence electrons. The molecule has 0 fully saturated rings. The van der Waals surface area contributed by atoms with Crippen LogP contribution >= 0.6 is 0 Å². The number of nitrogens with one attached hydrogen (secondary N) is 1. The Morgan fingerprint density at radius 2 is 1.81 bits per heavy atom. The van der Waals surface area contributed by atoms with Crippen LogP contribution in [0.4, 0.5) is 0 Å². The van der Waals surface area contributed by atoms with Crippen LogP contribution in [-0.2, 0) is 11.3 Å². The highest BCUT2D eigenvalue weighted by atomic mass is 16.4. The number of hydrogen-bond donors (Lipinski definition) is 2. The van der Waals surface area contributed by atoms with Crippen LogP contribution in [0.25, 0.3) is 11.8 Å². The minimum atomic E-state index is -0.995. The summed E-state index contributed by atoms with van der Waals surface area (Å²) in [6.45, 7) is 6.02. The van der Waals surface area contributed by atoms with Crippen LogP contribution < -0.4 is 5.32 Å². The first-order valence-corrected chi connectivity index (χ1v) is 9.79. The summed E-state index contributed by atoms with van der Waals surface area (Å²) in [6.07, 6.45) is 1.57. The average Bonchev–Trinajstić information content (AvgIpc) is 3.04. The second kappa shape index (κ2) is 9.14. The van der Waals surface area contributed by atoms with Gasteiger partial charge in [0, 0.05) is 23.6 Å². The molecule has 2 aromatic carbocycles. The predicted octanol–water partition coefficient (Wildman–Crippen LogP) is 4.32. The number of carboxylic acid groups (broad SMARTS) is 1. The lowest BCUT2D eigenvalue weighted by molar-refractivity contribution is -0.117. The Labute approximate surface area is 181 Å². The molecule has 0 bridgehead atoms. The van der Waals surface area contributed by atoms with Gasteiger partial charge in [-0.25, -0.2) is 4.79 Å². The van der Waals surface area contributed by atoms with Crippen molar-refractivity contribution in [2.45, 2.75) is 27.3 Å². The highest BCUT2D eigenvalue weighted by Crippen LogP contribution is 2.26. The Bertz CT molecular complexity index is 1210. The highest BCUT2D eigenvalue weighted by molar-refractivity contribution is 6.01.